The van der Waals surface area contributed by atoms with Crippen molar-refractivity contribution in [1.29, 1.82) is 0 Å². The predicted molar refractivity (Wildman–Crippen MR) is 188 cm³/mol. The Morgan fingerprint density at radius 1 is 0.886 bits per heavy atom. The number of nitrogens with one attached hydrogen (secondary N) is 1. The van der Waals surface area contributed by atoms with Crippen molar-refractivity contribution in [3.05, 3.63) is 0 Å². The molecule has 0 saturated heterocycles. The number of unbranched alkanes of at least 4 members (excludes halogenated alkanes) is 1. The van der Waals surface area contributed by atoms with Gasteiger partial charge in [-0.15, -0.1) is 0 Å². The summed E-state index contributed by atoms with van der Waals surface area (Å²) in [5.74, 6) is 5.81. The lowest BCUT2D eigenvalue weighted by Gasteiger charge is -2.57. The maximum absolute atomic E-state index is 11.2. The van der Waals surface area contributed by atoms with Crippen LogP contribution in [-0.4, -0.2) is 55.2 Å². The van der Waals surface area contributed by atoms with E-state index in [9.17, 15) is 5.11 Å². The molecule has 3 fully saturated rings. The number of hydrogen-bond donors (Lipinski definition) is 3. The molecule has 260 valence electrons. The molecular weight excluding hydrogens is 542 g/mol. The average Bonchev–Trinajstić information content (AvgIpc) is 3.34. The normalized spacial score (nSPS) is 35.7. The van der Waals surface area contributed by atoms with Crippen LogP contribution in [0.15, 0.2) is 0 Å². The topological polar surface area (TPSA) is 70.8 Å². The quantitative estimate of drug-likeness (QED) is 0.0938. The zero-order valence-electron chi connectivity index (χ0n) is 30.7. The van der Waals surface area contributed by atoms with Crippen LogP contribution in [0, 0.1) is 52.3 Å². The molecule has 3 aliphatic rings. The standard InChI is InChI=1S/C39H77N3O2/c1-9-24-41-25-11-12-26-42(27-14-23-40)37(43)44-32-19-21-38(7,31(6)28-32)36-20-22-39(8)34(17-18-35(39)33(36)10-2)30(5)16-13-15-29(3)4/h29-37,41,43H,9-28,40H2,1-8H3. The molecule has 4 N–H and O–H groups in total. The first-order chi connectivity index (χ1) is 21.0. The summed E-state index contributed by atoms with van der Waals surface area (Å²) in [6.07, 6.45) is 18.3. The van der Waals surface area contributed by atoms with Crippen molar-refractivity contribution >= 4 is 0 Å². The summed E-state index contributed by atoms with van der Waals surface area (Å²) < 4.78 is 6.45. The van der Waals surface area contributed by atoms with Gasteiger partial charge in [0.15, 0.2) is 0 Å². The van der Waals surface area contributed by atoms with Crippen molar-refractivity contribution in [2.24, 2.45) is 58.0 Å². The van der Waals surface area contributed by atoms with Gasteiger partial charge in [-0.05, 0) is 143 Å². The molecule has 10 unspecified atom stereocenters. The van der Waals surface area contributed by atoms with E-state index in [1.165, 1.54) is 64.2 Å². The molecule has 5 heteroatoms. The van der Waals surface area contributed by atoms with Crippen molar-refractivity contribution in [2.45, 2.75) is 164 Å². The molecule has 0 bridgehead atoms. The van der Waals surface area contributed by atoms with Gasteiger partial charge in [-0.2, -0.15) is 0 Å². The van der Waals surface area contributed by atoms with E-state index in [1.54, 1.807) is 0 Å². The second-order valence-corrected chi connectivity index (χ2v) is 16.7. The molecule has 3 aliphatic carbocycles. The third kappa shape index (κ3) is 9.68. The summed E-state index contributed by atoms with van der Waals surface area (Å²) in [5.41, 5.74) is 6.76. The monoisotopic (exact) mass is 620 g/mol. The second kappa shape index (κ2) is 18.4. The first kappa shape index (κ1) is 38.2. The van der Waals surface area contributed by atoms with E-state index in [2.05, 4.69) is 65.6 Å². The van der Waals surface area contributed by atoms with Crippen LogP contribution in [0.2, 0.25) is 0 Å². The Morgan fingerprint density at radius 3 is 2.25 bits per heavy atom. The van der Waals surface area contributed by atoms with Crippen LogP contribution >= 0.6 is 0 Å². The van der Waals surface area contributed by atoms with Crippen molar-refractivity contribution in [2.75, 3.05) is 32.7 Å². The molecule has 0 amide bonds. The van der Waals surface area contributed by atoms with Crippen LogP contribution in [0.1, 0.15) is 152 Å². The van der Waals surface area contributed by atoms with Crippen molar-refractivity contribution in [3.63, 3.8) is 0 Å². The third-order valence-corrected chi connectivity index (χ3v) is 13.5. The molecule has 3 rings (SSSR count). The van der Waals surface area contributed by atoms with Crippen molar-refractivity contribution in [1.82, 2.24) is 10.2 Å². The van der Waals surface area contributed by atoms with Crippen LogP contribution in [0.4, 0.5) is 0 Å². The number of nitrogens with zero attached hydrogens (tertiary/aromatic N) is 1. The summed E-state index contributed by atoms with van der Waals surface area (Å²) in [4.78, 5) is 2.13. The highest BCUT2D eigenvalue weighted by molar-refractivity contribution is 5.07. The Morgan fingerprint density at radius 2 is 1.59 bits per heavy atom. The molecular formula is C39H77N3O2. The lowest BCUT2D eigenvalue weighted by molar-refractivity contribution is -0.232. The van der Waals surface area contributed by atoms with E-state index < -0.39 is 6.41 Å². The minimum Gasteiger partial charge on any atom is -0.356 e. The summed E-state index contributed by atoms with van der Waals surface area (Å²) in [5, 5.41) is 14.7. The smallest absolute Gasteiger partial charge is 0.216 e. The number of aliphatic hydroxyl groups excluding tert-OH is 1. The van der Waals surface area contributed by atoms with Crippen LogP contribution in [-0.2, 0) is 4.74 Å². The average molecular weight is 620 g/mol. The van der Waals surface area contributed by atoms with Gasteiger partial charge in [0.25, 0.3) is 0 Å². The summed E-state index contributed by atoms with van der Waals surface area (Å²) in [6.45, 7) is 24.4. The maximum Gasteiger partial charge on any atom is 0.216 e. The molecule has 0 spiro atoms. The van der Waals surface area contributed by atoms with Crippen molar-refractivity contribution in [3.8, 4) is 0 Å². The number of rotatable bonds is 20. The van der Waals surface area contributed by atoms with E-state index in [0.717, 1.165) is 93.8 Å². The number of fused-ring (bicyclic) bond motifs is 1. The molecule has 3 saturated carbocycles. The van der Waals surface area contributed by atoms with Gasteiger partial charge in [0.1, 0.15) is 0 Å². The zero-order valence-corrected chi connectivity index (χ0v) is 30.7. The highest BCUT2D eigenvalue weighted by atomic mass is 16.6. The zero-order chi connectivity index (χ0) is 32.3. The van der Waals surface area contributed by atoms with Crippen LogP contribution in [0.3, 0.4) is 0 Å². The van der Waals surface area contributed by atoms with E-state index in [1.807, 2.05) is 0 Å². The minimum absolute atomic E-state index is 0.149. The maximum atomic E-state index is 11.2. The molecule has 0 aliphatic heterocycles. The van der Waals surface area contributed by atoms with Crippen LogP contribution in [0.25, 0.3) is 0 Å². The van der Waals surface area contributed by atoms with Gasteiger partial charge in [0.2, 0.25) is 6.41 Å². The fourth-order valence-corrected chi connectivity index (χ4v) is 10.6. The Balaban J connectivity index is 1.57. The molecule has 10 atom stereocenters. The third-order valence-electron chi connectivity index (χ3n) is 13.5. The highest BCUT2D eigenvalue weighted by Gasteiger charge is 2.58. The Hall–Kier alpha value is -0.200. The fraction of sp³-hybridized carbons (Fsp3) is 1.00. The lowest BCUT2D eigenvalue weighted by atomic mass is 9.48. The molecule has 0 heterocycles. The van der Waals surface area contributed by atoms with E-state index in [0.29, 0.717) is 23.3 Å². The number of nitrogens with two attached hydrogens (primary N) is 1. The first-order valence-corrected chi connectivity index (χ1v) is 19.5. The molecule has 0 aromatic rings. The molecule has 0 aromatic heterocycles. The van der Waals surface area contributed by atoms with Gasteiger partial charge in [0.05, 0.1) is 6.10 Å². The van der Waals surface area contributed by atoms with Crippen LogP contribution in [0.5, 0.6) is 0 Å². The Kier molecular flexibility index (Phi) is 16.0. The van der Waals surface area contributed by atoms with Crippen LogP contribution < -0.4 is 11.1 Å². The largest absolute Gasteiger partial charge is 0.356 e. The number of aliphatic hydroxyl groups is 1. The summed E-state index contributed by atoms with van der Waals surface area (Å²) in [6, 6.07) is 0. The Bertz CT molecular complexity index is 793. The molecule has 5 nitrogen and oxygen atoms in total. The van der Waals surface area contributed by atoms with Crippen molar-refractivity contribution < 1.29 is 9.84 Å². The van der Waals surface area contributed by atoms with Gasteiger partial charge in [-0.1, -0.05) is 81.1 Å². The van der Waals surface area contributed by atoms with E-state index in [-0.39, 0.29) is 6.10 Å². The number of ether oxygens (including phenoxy) is 1. The number of hydrogen-bond acceptors (Lipinski definition) is 5. The lowest BCUT2D eigenvalue weighted by Crippen LogP contribution is -2.51. The minimum atomic E-state index is -0.816. The molecule has 0 aromatic carbocycles. The van der Waals surface area contributed by atoms with Gasteiger partial charge in [-0.3, -0.25) is 4.90 Å². The van der Waals surface area contributed by atoms with E-state index >= 15 is 0 Å². The Labute approximate surface area is 274 Å². The van der Waals surface area contributed by atoms with E-state index in [4.69, 9.17) is 10.5 Å². The van der Waals surface area contributed by atoms with Gasteiger partial charge >= 0.3 is 0 Å². The summed E-state index contributed by atoms with van der Waals surface area (Å²) >= 11 is 0. The molecule has 0 radical (unpaired) electrons. The summed E-state index contributed by atoms with van der Waals surface area (Å²) in [7, 11) is 0. The SMILES string of the molecule is CCCNCCCCN(CCCN)C(O)OC1CCC(C)(C2CCC3(C)C(C(C)CCCC(C)C)CCC3C2CC)C(C)C1. The second-order valence-electron chi connectivity index (χ2n) is 16.7. The van der Waals surface area contributed by atoms with Gasteiger partial charge < -0.3 is 20.9 Å². The predicted octanol–water partition coefficient (Wildman–Crippen LogP) is 8.84. The first-order valence-electron chi connectivity index (χ1n) is 19.5. The van der Waals surface area contributed by atoms with Gasteiger partial charge in [-0.25, -0.2) is 0 Å². The molecule has 44 heavy (non-hydrogen) atoms. The highest BCUT2D eigenvalue weighted by Crippen LogP contribution is 2.66. The van der Waals surface area contributed by atoms with Gasteiger partial charge in [0, 0.05) is 13.1 Å². The fourth-order valence-electron chi connectivity index (χ4n) is 10.6.